The minimum absolute atomic E-state index is 0.0337. The number of nitrogens with two attached hydrogens (primary N) is 4. The number of hydrogen-bond donors (Lipinski definition) is 8. The smallest absolute Gasteiger partial charge is 0.326 e. The summed E-state index contributed by atoms with van der Waals surface area (Å²) in [5, 5.41) is 16.8. The van der Waals surface area contributed by atoms with Crippen molar-refractivity contribution in [3.63, 3.8) is 0 Å². The number of benzene rings is 1. The highest BCUT2D eigenvalue weighted by molar-refractivity contribution is 5.95. The molecule has 0 aliphatic heterocycles. The van der Waals surface area contributed by atoms with Gasteiger partial charge in [-0.05, 0) is 30.7 Å². The zero-order valence-electron chi connectivity index (χ0n) is 22.3. The van der Waals surface area contributed by atoms with Crippen molar-refractivity contribution >= 4 is 35.6 Å². The monoisotopic (exact) mass is 548 g/mol. The molecule has 14 heteroatoms. The molecule has 1 rings (SSSR count). The lowest BCUT2D eigenvalue weighted by molar-refractivity contribution is -0.143. The van der Waals surface area contributed by atoms with Crippen molar-refractivity contribution in [1.29, 1.82) is 0 Å². The van der Waals surface area contributed by atoms with E-state index in [9.17, 15) is 29.1 Å². The Morgan fingerprint density at radius 3 is 2.08 bits per heavy atom. The Morgan fingerprint density at radius 1 is 0.923 bits per heavy atom. The Bertz CT molecular complexity index is 1020. The first kappa shape index (κ1) is 32.8. The minimum Gasteiger partial charge on any atom is -0.480 e. The summed E-state index contributed by atoms with van der Waals surface area (Å²) >= 11 is 0. The van der Waals surface area contributed by atoms with Crippen LogP contribution in [0.15, 0.2) is 35.3 Å². The number of rotatable bonds is 17. The van der Waals surface area contributed by atoms with Gasteiger partial charge in [-0.3, -0.25) is 24.2 Å². The fourth-order valence-electron chi connectivity index (χ4n) is 3.63. The SMILES string of the molecule is CCC(C)C(NC(=O)C(N)Cc1ccccc1)C(=O)NC(CCCN=C(N)N)C(=O)NC(CC(N)=O)C(=O)O. The van der Waals surface area contributed by atoms with Crippen LogP contribution < -0.4 is 38.9 Å². The molecule has 0 fully saturated rings. The van der Waals surface area contributed by atoms with Crippen LogP contribution >= 0.6 is 0 Å². The highest BCUT2D eigenvalue weighted by Gasteiger charge is 2.32. The minimum atomic E-state index is -1.59. The van der Waals surface area contributed by atoms with Crippen LogP contribution in [0.25, 0.3) is 0 Å². The predicted molar refractivity (Wildman–Crippen MR) is 145 cm³/mol. The van der Waals surface area contributed by atoms with Gasteiger partial charge in [0.2, 0.25) is 23.6 Å². The summed E-state index contributed by atoms with van der Waals surface area (Å²) < 4.78 is 0. The van der Waals surface area contributed by atoms with E-state index < -0.39 is 60.2 Å². The fraction of sp³-hybridized carbons (Fsp3) is 0.520. The van der Waals surface area contributed by atoms with Gasteiger partial charge in [-0.15, -0.1) is 0 Å². The molecule has 1 aromatic carbocycles. The van der Waals surface area contributed by atoms with Gasteiger partial charge < -0.3 is 44.0 Å². The summed E-state index contributed by atoms with van der Waals surface area (Å²) in [6.07, 6.45) is 0.430. The fourth-order valence-corrected chi connectivity index (χ4v) is 3.63. The molecule has 5 unspecified atom stereocenters. The van der Waals surface area contributed by atoms with Gasteiger partial charge in [0, 0.05) is 6.54 Å². The van der Waals surface area contributed by atoms with Crippen LogP contribution in [0, 0.1) is 5.92 Å². The lowest BCUT2D eigenvalue weighted by Gasteiger charge is -2.28. The van der Waals surface area contributed by atoms with Crippen molar-refractivity contribution in [3.8, 4) is 0 Å². The summed E-state index contributed by atoms with van der Waals surface area (Å²) in [6.45, 7) is 3.74. The average Bonchev–Trinajstić information content (AvgIpc) is 2.87. The van der Waals surface area contributed by atoms with E-state index in [-0.39, 0.29) is 37.7 Å². The summed E-state index contributed by atoms with van der Waals surface area (Å²) in [6, 6.07) is 4.40. The second-order valence-electron chi connectivity index (χ2n) is 9.25. The molecular weight excluding hydrogens is 508 g/mol. The first-order valence-corrected chi connectivity index (χ1v) is 12.6. The van der Waals surface area contributed by atoms with E-state index in [1.54, 1.807) is 6.92 Å². The molecule has 216 valence electrons. The maximum Gasteiger partial charge on any atom is 0.326 e. The number of amides is 4. The zero-order valence-corrected chi connectivity index (χ0v) is 22.3. The van der Waals surface area contributed by atoms with Crippen molar-refractivity contribution in [2.24, 2.45) is 33.8 Å². The van der Waals surface area contributed by atoms with Crippen LogP contribution in [0.2, 0.25) is 0 Å². The number of nitrogens with zero attached hydrogens (tertiary/aromatic N) is 1. The first-order valence-electron chi connectivity index (χ1n) is 12.6. The molecule has 0 radical (unpaired) electrons. The van der Waals surface area contributed by atoms with E-state index in [0.717, 1.165) is 5.56 Å². The maximum atomic E-state index is 13.3. The highest BCUT2D eigenvalue weighted by Crippen LogP contribution is 2.11. The molecule has 12 N–H and O–H groups in total. The quantitative estimate of drug-likeness (QED) is 0.0611. The lowest BCUT2D eigenvalue weighted by Crippen LogP contribution is -2.59. The molecule has 14 nitrogen and oxygen atoms in total. The van der Waals surface area contributed by atoms with Crippen molar-refractivity contribution in [1.82, 2.24) is 16.0 Å². The van der Waals surface area contributed by atoms with Crippen LogP contribution in [-0.2, 0) is 30.4 Å². The molecule has 0 saturated carbocycles. The molecule has 0 bridgehead atoms. The Morgan fingerprint density at radius 2 is 1.54 bits per heavy atom. The molecule has 0 aliphatic rings. The van der Waals surface area contributed by atoms with Gasteiger partial charge in [0.25, 0.3) is 0 Å². The largest absolute Gasteiger partial charge is 0.480 e. The highest BCUT2D eigenvalue weighted by atomic mass is 16.4. The molecule has 4 amide bonds. The number of carbonyl (C=O) groups excluding carboxylic acids is 4. The first-order chi connectivity index (χ1) is 18.3. The predicted octanol–water partition coefficient (Wildman–Crippen LogP) is -1.93. The van der Waals surface area contributed by atoms with Gasteiger partial charge in [-0.1, -0.05) is 50.6 Å². The van der Waals surface area contributed by atoms with Crippen molar-refractivity contribution in [3.05, 3.63) is 35.9 Å². The third kappa shape index (κ3) is 12.3. The van der Waals surface area contributed by atoms with Gasteiger partial charge in [-0.2, -0.15) is 0 Å². The molecule has 39 heavy (non-hydrogen) atoms. The summed E-state index contributed by atoms with van der Waals surface area (Å²) in [4.78, 5) is 65.7. The van der Waals surface area contributed by atoms with E-state index in [2.05, 4.69) is 20.9 Å². The van der Waals surface area contributed by atoms with Gasteiger partial charge in [-0.25, -0.2) is 4.79 Å². The van der Waals surface area contributed by atoms with Crippen LogP contribution in [0.4, 0.5) is 0 Å². The van der Waals surface area contributed by atoms with Crippen LogP contribution in [0.1, 0.15) is 45.1 Å². The molecule has 0 aliphatic carbocycles. The standard InChI is InChI=1S/C25H40N8O6/c1-3-14(2)20(33-21(35)16(26)12-15-8-5-4-6-9-15)23(37)31-17(10-7-11-30-25(28)29)22(36)32-18(24(38)39)13-19(27)34/h4-6,8-9,14,16-18,20H,3,7,10-13,26H2,1-2H3,(H2,27,34)(H,31,37)(H,32,36)(H,33,35)(H,38,39)(H4,28,29,30). The lowest BCUT2D eigenvalue weighted by atomic mass is 9.96. The van der Waals surface area contributed by atoms with Crippen LogP contribution in [-0.4, -0.2) is 71.4 Å². The van der Waals surface area contributed by atoms with E-state index >= 15 is 0 Å². The number of carboxylic acid groups (broad SMARTS) is 1. The van der Waals surface area contributed by atoms with Gasteiger partial charge in [0.1, 0.15) is 18.1 Å². The maximum absolute atomic E-state index is 13.3. The molecule has 0 aromatic heterocycles. The number of aliphatic imine (C=N–C) groups is 1. The van der Waals surface area contributed by atoms with E-state index in [1.807, 2.05) is 37.3 Å². The molecule has 0 heterocycles. The molecule has 0 spiro atoms. The van der Waals surface area contributed by atoms with Crippen LogP contribution in [0.3, 0.4) is 0 Å². The summed E-state index contributed by atoms with van der Waals surface area (Å²) in [5.41, 5.74) is 22.7. The van der Waals surface area contributed by atoms with E-state index in [1.165, 1.54) is 0 Å². The number of nitrogens with one attached hydrogen (secondary N) is 3. The van der Waals surface area contributed by atoms with Crippen molar-refractivity contribution < 1.29 is 29.1 Å². The molecule has 1 aromatic rings. The van der Waals surface area contributed by atoms with Crippen molar-refractivity contribution in [2.45, 2.75) is 70.1 Å². The van der Waals surface area contributed by atoms with Gasteiger partial charge in [0.15, 0.2) is 5.96 Å². The number of aliphatic carboxylic acids is 1. The number of carboxylic acids is 1. The van der Waals surface area contributed by atoms with E-state index in [0.29, 0.717) is 6.42 Å². The molecule has 5 atom stereocenters. The Balaban J connectivity index is 3.05. The number of primary amides is 1. The molecule has 0 saturated heterocycles. The van der Waals surface area contributed by atoms with Crippen LogP contribution in [0.5, 0.6) is 0 Å². The number of carbonyl (C=O) groups is 5. The third-order valence-electron chi connectivity index (χ3n) is 6.03. The Labute approximate surface area is 227 Å². The normalized spacial score (nSPS) is 14.5. The summed E-state index contributed by atoms with van der Waals surface area (Å²) in [5.74, 6) is -4.93. The van der Waals surface area contributed by atoms with E-state index in [4.69, 9.17) is 22.9 Å². The topological polar surface area (TPSA) is 258 Å². The van der Waals surface area contributed by atoms with Gasteiger partial charge >= 0.3 is 5.97 Å². The number of guanidine groups is 1. The average molecular weight is 549 g/mol. The second kappa shape index (κ2) is 16.6. The number of hydrogen-bond acceptors (Lipinski definition) is 7. The second-order valence-corrected chi connectivity index (χ2v) is 9.25. The Hall–Kier alpha value is -4.20. The molecular formula is C25H40N8O6. The van der Waals surface area contributed by atoms with Gasteiger partial charge in [0.05, 0.1) is 12.5 Å². The zero-order chi connectivity index (χ0) is 29.5. The summed E-state index contributed by atoms with van der Waals surface area (Å²) in [7, 11) is 0. The van der Waals surface area contributed by atoms with Crippen molar-refractivity contribution in [2.75, 3.05) is 6.54 Å². The Kier molecular flexibility index (Phi) is 14.0. The third-order valence-corrected chi connectivity index (χ3v) is 6.03.